The van der Waals surface area contributed by atoms with Crippen LogP contribution in [-0.2, 0) is 0 Å². The minimum atomic E-state index is -0.313. The number of anilines is 1. The fraction of sp³-hybridized carbons (Fsp3) is 0.0625. The van der Waals surface area contributed by atoms with E-state index in [9.17, 15) is 4.79 Å². The molecule has 0 spiro atoms. The summed E-state index contributed by atoms with van der Waals surface area (Å²) in [6.07, 6.45) is 0. The quantitative estimate of drug-likeness (QED) is 0.782. The molecule has 3 aromatic rings. The number of rotatable bonds is 3. The third-order valence-corrected chi connectivity index (χ3v) is 3.30. The number of halogens is 1. The maximum Gasteiger partial charge on any atom is 0.291 e. The summed E-state index contributed by atoms with van der Waals surface area (Å²) in [6.45, 7) is 0. The van der Waals surface area contributed by atoms with Crippen LogP contribution in [0.5, 0.6) is 5.75 Å². The molecule has 0 radical (unpaired) electrons. The van der Waals surface area contributed by atoms with E-state index < -0.39 is 0 Å². The molecule has 106 valence electrons. The molecular weight excluding hydrogens is 290 g/mol. The Balaban J connectivity index is 1.85. The molecular formula is C16H12ClNO3. The first-order valence-corrected chi connectivity index (χ1v) is 6.68. The average molecular weight is 302 g/mol. The second-order valence-corrected chi connectivity index (χ2v) is 4.91. The number of methoxy groups -OCH3 is 1. The summed E-state index contributed by atoms with van der Waals surface area (Å²) < 4.78 is 10.7. The molecule has 1 aromatic heterocycles. The van der Waals surface area contributed by atoms with E-state index in [1.165, 1.54) is 0 Å². The smallest absolute Gasteiger partial charge is 0.291 e. The van der Waals surface area contributed by atoms with Gasteiger partial charge in [0, 0.05) is 16.1 Å². The highest BCUT2D eigenvalue weighted by Gasteiger charge is 2.13. The van der Waals surface area contributed by atoms with Crippen molar-refractivity contribution in [3.8, 4) is 5.75 Å². The normalized spacial score (nSPS) is 10.6. The third-order valence-electron chi connectivity index (χ3n) is 3.05. The third kappa shape index (κ3) is 2.85. The molecule has 0 saturated heterocycles. The van der Waals surface area contributed by atoms with Crippen LogP contribution in [0.4, 0.5) is 5.69 Å². The lowest BCUT2D eigenvalue weighted by Gasteiger charge is -2.02. The number of furan rings is 1. The molecule has 1 N–H and O–H groups in total. The molecule has 1 amide bonds. The fourth-order valence-corrected chi connectivity index (χ4v) is 2.11. The molecule has 5 heteroatoms. The van der Waals surface area contributed by atoms with Crippen molar-refractivity contribution in [1.82, 2.24) is 0 Å². The molecule has 0 saturated carbocycles. The van der Waals surface area contributed by atoms with Gasteiger partial charge in [-0.15, -0.1) is 0 Å². The van der Waals surface area contributed by atoms with E-state index in [2.05, 4.69) is 5.32 Å². The number of amides is 1. The standard InChI is InChI=1S/C16H12ClNO3/c1-20-13-6-7-14-10(8-13)9-15(21-14)16(19)18-12-4-2-11(17)3-5-12/h2-9H,1H3,(H,18,19). The summed E-state index contributed by atoms with van der Waals surface area (Å²) in [4.78, 5) is 12.2. The monoisotopic (exact) mass is 301 g/mol. The molecule has 0 aliphatic heterocycles. The van der Waals surface area contributed by atoms with E-state index in [-0.39, 0.29) is 11.7 Å². The molecule has 4 nitrogen and oxygen atoms in total. The lowest BCUT2D eigenvalue weighted by atomic mass is 10.2. The van der Waals surface area contributed by atoms with Crippen molar-refractivity contribution >= 4 is 34.2 Å². The van der Waals surface area contributed by atoms with Crippen molar-refractivity contribution in [3.63, 3.8) is 0 Å². The van der Waals surface area contributed by atoms with Gasteiger partial charge < -0.3 is 14.5 Å². The molecule has 0 atom stereocenters. The van der Waals surface area contributed by atoms with E-state index in [0.717, 1.165) is 5.39 Å². The van der Waals surface area contributed by atoms with Gasteiger partial charge in [-0.05, 0) is 48.5 Å². The zero-order chi connectivity index (χ0) is 14.8. The molecule has 2 aromatic carbocycles. The van der Waals surface area contributed by atoms with Crippen LogP contribution in [0, 0.1) is 0 Å². The summed E-state index contributed by atoms with van der Waals surface area (Å²) >= 11 is 5.80. The minimum absolute atomic E-state index is 0.244. The van der Waals surface area contributed by atoms with Crippen LogP contribution in [0.2, 0.25) is 5.02 Å². The Labute approximate surface area is 126 Å². The van der Waals surface area contributed by atoms with Gasteiger partial charge in [0.25, 0.3) is 5.91 Å². The van der Waals surface area contributed by atoms with Crippen molar-refractivity contribution in [2.75, 3.05) is 12.4 Å². The van der Waals surface area contributed by atoms with E-state index in [1.54, 1.807) is 49.6 Å². The molecule has 0 aliphatic rings. The van der Waals surface area contributed by atoms with Gasteiger partial charge in [-0.25, -0.2) is 0 Å². The van der Waals surface area contributed by atoms with Crippen LogP contribution in [0.25, 0.3) is 11.0 Å². The fourth-order valence-electron chi connectivity index (χ4n) is 1.99. The molecule has 0 unspecified atom stereocenters. The Morgan fingerprint density at radius 3 is 2.62 bits per heavy atom. The summed E-state index contributed by atoms with van der Waals surface area (Å²) in [5.74, 6) is 0.647. The van der Waals surface area contributed by atoms with Gasteiger partial charge in [0.15, 0.2) is 5.76 Å². The van der Waals surface area contributed by atoms with Crippen molar-refractivity contribution in [2.45, 2.75) is 0 Å². The van der Waals surface area contributed by atoms with Crippen LogP contribution < -0.4 is 10.1 Å². The largest absolute Gasteiger partial charge is 0.497 e. The van der Waals surface area contributed by atoms with Gasteiger partial charge >= 0.3 is 0 Å². The molecule has 3 rings (SSSR count). The zero-order valence-electron chi connectivity index (χ0n) is 11.2. The number of fused-ring (bicyclic) bond motifs is 1. The van der Waals surface area contributed by atoms with Crippen molar-refractivity contribution in [2.24, 2.45) is 0 Å². The van der Waals surface area contributed by atoms with Crippen LogP contribution in [0.1, 0.15) is 10.6 Å². The van der Waals surface area contributed by atoms with Gasteiger partial charge in [0.05, 0.1) is 7.11 Å². The van der Waals surface area contributed by atoms with Gasteiger partial charge in [-0.2, -0.15) is 0 Å². The minimum Gasteiger partial charge on any atom is -0.497 e. The van der Waals surface area contributed by atoms with E-state index >= 15 is 0 Å². The maximum atomic E-state index is 12.2. The molecule has 1 heterocycles. The van der Waals surface area contributed by atoms with Gasteiger partial charge in [0.2, 0.25) is 0 Å². The predicted molar refractivity (Wildman–Crippen MR) is 82.2 cm³/mol. The highest BCUT2D eigenvalue weighted by molar-refractivity contribution is 6.30. The van der Waals surface area contributed by atoms with Crippen LogP contribution in [0.3, 0.4) is 0 Å². The Hall–Kier alpha value is -2.46. The summed E-state index contributed by atoms with van der Waals surface area (Å²) in [5.41, 5.74) is 1.29. The number of carbonyl (C=O) groups excluding carboxylic acids is 1. The lowest BCUT2D eigenvalue weighted by Crippen LogP contribution is -2.10. The molecule has 0 fully saturated rings. The molecule has 0 aliphatic carbocycles. The van der Waals surface area contributed by atoms with Gasteiger partial charge in [0.1, 0.15) is 11.3 Å². The van der Waals surface area contributed by atoms with E-state index in [1.807, 2.05) is 6.07 Å². The first kappa shape index (κ1) is 13.5. The Bertz CT molecular complexity index is 793. The summed E-state index contributed by atoms with van der Waals surface area (Å²) in [5, 5.41) is 4.18. The Kier molecular flexibility index (Phi) is 3.54. The van der Waals surface area contributed by atoms with Crippen molar-refractivity contribution in [3.05, 3.63) is 59.3 Å². The van der Waals surface area contributed by atoms with Crippen LogP contribution in [-0.4, -0.2) is 13.0 Å². The maximum absolute atomic E-state index is 12.2. The zero-order valence-corrected chi connectivity index (χ0v) is 12.0. The van der Waals surface area contributed by atoms with E-state index in [4.69, 9.17) is 20.8 Å². The molecule has 0 bridgehead atoms. The van der Waals surface area contributed by atoms with Crippen LogP contribution in [0.15, 0.2) is 52.9 Å². The van der Waals surface area contributed by atoms with Crippen molar-refractivity contribution in [1.29, 1.82) is 0 Å². The highest BCUT2D eigenvalue weighted by Crippen LogP contribution is 2.24. The number of carbonyl (C=O) groups is 1. The first-order chi connectivity index (χ1) is 10.2. The van der Waals surface area contributed by atoms with Gasteiger partial charge in [-0.1, -0.05) is 11.6 Å². The predicted octanol–water partition coefficient (Wildman–Crippen LogP) is 4.35. The Morgan fingerprint density at radius 1 is 1.14 bits per heavy atom. The Morgan fingerprint density at radius 2 is 1.90 bits per heavy atom. The van der Waals surface area contributed by atoms with Crippen molar-refractivity contribution < 1.29 is 13.9 Å². The second kappa shape index (κ2) is 5.50. The first-order valence-electron chi connectivity index (χ1n) is 6.30. The number of hydrogen-bond donors (Lipinski definition) is 1. The number of benzene rings is 2. The topological polar surface area (TPSA) is 51.5 Å². The summed E-state index contributed by atoms with van der Waals surface area (Å²) in [7, 11) is 1.59. The SMILES string of the molecule is COc1ccc2oc(C(=O)Nc3ccc(Cl)cc3)cc2c1. The average Bonchev–Trinajstić information content (AvgIpc) is 2.92. The number of hydrogen-bond acceptors (Lipinski definition) is 3. The lowest BCUT2D eigenvalue weighted by molar-refractivity contribution is 0.0998. The number of nitrogens with one attached hydrogen (secondary N) is 1. The van der Waals surface area contributed by atoms with E-state index in [0.29, 0.717) is 22.0 Å². The molecule has 21 heavy (non-hydrogen) atoms. The van der Waals surface area contributed by atoms with Crippen LogP contribution >= 0.6 is 11.6 Å². The van der Waals surface area contributed by atoms with Gasteiger partial charge in [-0.3, -0.25) is 4.79 Å². The highest BCUT2D eigenvalue weighted by atomic mass is 35.5. The second-order valence-electron chi connectivity index (χ2n) is 4.48. The number of ether oxygens (including phenoxy) is 1. The summed E-state index contributed by atoms with van der Waals surface area (Å²) in [6, 6.07) is 13.9.